The number of hydrogen-bond donors (Lipinski definition) is 1. The van der Waals surface area contributed by atoms with Gasteiger partial charge in [-0.1, -0.05) is 13.8 Å². The number of aromatic nitrogens is 2. The Labute approximate surface area is 90.5 Å². The van der Waals surface area contributed by atoms with Crippen LogP contribution in [0.15, 0.2) is 12.4 Å². The van der Waals surface area contributed by atoms with Crippen LogP contribution >= 0.6 is 0 Å². The van der Waals surface area contributed by atoms with E-state index >= 15 is 0 Å². The van der Waals surface area contributed by atoms with Gasteiger partial charge in [0.2, 0.25) is 5.78 Å². The zero-order chi connectivity index (χ0) is 11.5. The number of carbonyl (C=O) groups excluding carboxylic acids is 1. The molecule has 0 aliphatic carbocycles. The van der Waals surface area contributed by atoms with E-state index in [-0.39, 0.29) is 5.78 Å². The average Bonchev–Trinajstić information content (AvgIpc) is 2.67. The summed E-state index contributed by atoms with van der Waals surface area (Å²) in [5.41, 5.74) is 5.28. The summed E-state index contributed by atoms with van der Waals surface area (Å²) in [6, 6.07) is 0. The monoisotopic (exact) mass is 209 g/mol. The second-order valence-electron chi connectivity index (χ2n) is 3.88. The standard InChI is InChI=1S/C11H19N3O/c1-4-11(5-2,8-12)9(15)10-13-6-7-14(10)3/h6-7H,4-5,8,12H2,1-3H3. The third kappa shape index (κ3) is 1.95. The van der Waals surface area contributed by atoms with Crippen molar-refractivity contribution in [2.45, 2.75) is 26.7 Å². The molecule has 15 heavy (non-hydrogen) atoms. The highest BCUT2D eigenvalue weighted by molar-refractivity contribution is 5.97. The Bertz CT molecular complexity index is 331. The van der Waals surface area contributed by atoms with Crippen LogP contribution < -0.4 is 5.73 Å². The molecule has 0 aliphatic heterocycles. The Hall–Kier alpha value is -1.16. The highest BCUT2D eigenvalue weighted by atomic mass is 16.1. The topological polar surface area (TPSA) is 60.9 Å². The van der Waals surface area contributed by atoms with E-state index in [0.29, 0.717) is 12.4 Å². The van der Waals surface area contributed by atoms with E-state index in [1.54, 1.807) is 17.0 Å². The van der Waals surface area contributed by atoms with E-state index in [0.717, 1.165) is 12.8 Å². The lowest BCUT2D eigenvalue weighted by Gasteiger charge is -2.27. The molecule has 0 aliphatic rings. The van der Waals surface area contributed by atoms with Crippen molar-refractivity contribution in [3.63, 3.8) is 0 Å². The minimum Gasteiger partial charge on any atom is -0.332 e. The third-order valence-electron chi connectivity index (χ3n) is 3.25. The molecule has 2 N–H and O–H groups in total. The van der Waals surface area contributed by atoms with Gasteiger partial charge in [-0.3, -0.25) is 4.79 Å². The molecule has 0 radical (unpaired) electrons. The summed E-state index contributed by atoms with van der Waals surface area (Å²) in [4.78, 5) is 16.4. The average molecular weight is 209 g/mol. The molecule has 1 rings (SSSR count). The van der Waals surface area contributed by atoms with E-state index in [1.807, 2.05) is 20.9 Å². The summed E-state index contributed by atoms with van der Waals surface area (Å²) in [6.07, 6.45) is 4.93. The molecule has 4 nitrogen and oxygen atoms in total. The van der Waals surface area contributed by atoms with Gasteiger partial charge in [0, 0.05) is 31.4 Å². The Balaban J connectivity index is 3.06. The molecule has 0 unspecified atom stereocenters. The lowest BCUT2D eigenvalue weighted by atomic mass is 9.78. The van der Waals surface area contributed by atoms with Gasteiger partial charge < -0.3 is 10.3 Å². The third-order valence-corrected chi connectivity index (χ3v) is 3.25. The number of nitrogens with two attached hydrogens (primary N) is 1. The summed E-state index contributed by atoms with van der Waals surface area (Å²) in [6.45, 7) is 4.38. The fourth-order valence-electron chi connectivity index (χ4n) is 1.77. The zero-order valence-corrected chi connectivity index (χ0v) is 9.66. The predicted octanol–water partition coefficient (Wildman–Crippen LogP) is 1.37. The lowest BCUT2D eigenvalue weighted by Crippen LogP contribution is -2.38. The number of imidazole rings is 1. The van der Waals surface area contributed by atoms with Crippen molar-refractivity contribution in [3.05, 3.63) is 18.2 Å². The number of nitrogens with zero attached hydrogens (tertiary/aromatic N) is 2. The van der Waals surface area contributed by atoms with Gasteiger partial charge in [0.05, 0.1) is 0 Å². The molecule has 0 aromatic carbocycles. The summed E-state index contributed by atoms with van der Waals surface area (Å²) in [5, 5.41) is 0. The van der Waals surface area contributed by atoms with E-state index in [9.17, 15) is 4.79 Å². The van der Waals surface area contributed by atoms with Gasteiger partial charge in [-0.05, 0) is 12.8 Å². The Kier molecular flexibility index (Phi) is 3.63. The molecule has 1 aromatic rings. The van der Waals surface area contributed by atoms with Gasteiger partial charge in [0.25, 0.3) is 0 Å². The van der Waals surface area contributed by atoms with Gasteiger partial charge in [-0.25, -0.2) is 4.98 Å². The van der Waals surface area contributed by atoms with Gasteiger partial charge >= 0.3 is 0 Å². The predicted molar refractivity (Wildman–Crippen MR) is 59.6 cm³/mol. The molecular formula is C11H19N3O. The quantitative estimate of drug-likeness (QED) is 0.745. The van der Waals surface area contributed by atoms with Crippen LogP contribution in [-0.4, -0.2) is 21.9 Å². The molecule has 0 saturated carbocycles. The van der Waals surface area contributed by atoms with Crippen molar-refractivity contribution in [1.29, 1.82) is 0 Å². The zero-order valence-electron chi connectivity index (χ0n) is 9.66. The second-order valence-corrected chi connectivity index (χ2v) is 3.88. The highest BCUT2D eigenvalue weighted by Crippen LogP contribution is 2.28. The number of aryl methyl sites for hydroxylation is 1. The molecular weight excluding hydrogens is 190 g/mol. The Morgan fingerprint density at radius 2 is 2.13 bits per heavy atom. The molecule has 84 valence electrons. The van der Waals surface area contributed by atoms with Crippen LogP contribution in [0.25, 0.3) is 0 Å². The van der Waals surface area contributed by atoms with E-state index in [4.69, 9.17) is 5.73 Å². The van der Waals surface area contributed by atoms with Crippen LogP contribution in [0.1, 0.15) is 37.3 Å². The van der Waals surface area contributed by atoms with Crippen molar-refractivity contribution >= 4 is 5.78 Å². The van der Waals surface area contributed by atoms with Gasteiger partial charge in [-0.2, -0.15) is 0 Å². The molecule has 1 aromatic heterocycles. The first-order chi connectivity index (χ1) is 7.11. The van der Waals surface area contributed by atoms with Crippen molar-refractivity contribution in [2.24, 2.45) is 18.2 Å². The van der Waals surface area contributed by atoms with Crippen LogP contribution in [0.5, 0.6) is 0 Å². The molecule has 0 bridgehead atoms. The molecule has 0 amide bonds. The first-order valence-corrected chi connectivity index (χ1v) is 5.33. The smallest absolute Gasteiger partial charge is 0.205 e. The normalized spacial score (nSPS) is 11.7. The summed E-state index contributed by atoms with van der Waals surface area (Å²) < 4.78 is 1.75. The minimum absolute atomic E-state index is 0.0579. The number of ketones is 1. The van der Waals surface area contributed by atoms with Crippen LogP contribution in [0, 0.1) is 5.41 Å². The fourth-order valence-corrected chi connectivity index (χ4v) is 1.77. The highest BCUT2D eigenvalue weighted by Gasteiger charge is 2.35. The summed E-state index contributed by atoms with van der Waals surface area (Å²) in [7, 11) is 1.83. The van der Waals surface area contributed by atoms with Gasteiger partial charge in [0.1, 0.15) is 0 Å². The maximum Gasteiger partial charge on any atom is 0.205 e. The van der Waals surface area contributed by atoms with Crippen LogP contribution in [-0.2, 0) is 7.05 Å². The van der Waals surface area contributed by atoms with Crippen LogP contribution in [0.3, 0.4) is 0 Å². The number of carbonyl (C=O) groups is 1. The molecule has 0 atom stereocenters. The molecule has 1 heterocycles. The van der Waals surface area contributed by atoms with E-state index < -0.39 is 5.41 Å². The largest absolute Gasteiger partial charge is 0.332 e. The first kappa shape index (κ1) is 11.9. The summed E-state index contributed by atoms with van der Waals surface area (Å²) in [5.74, 6) is 0.562. The SMILES string of the molecule is CCC(CC)(CN)C(=O)c1nccn1C. The number of rotatable bonds is 5. The van der Waals surface area contributed by atoms with E-state index in [1.165, 1.54) is 0 Å². The minimum atomic E-state index is -0.445. The Morgan fingerprint density at radius 3 is 2.47 bits per heavy atom. The second kappa shape index (κ2) is 4.57. The van der Waals surface area contributed by atoms with Crippen LogP contribution in [0.4, 0.5) is 0 Å². The molecule has 0 fully saturated rings. The molecule has 0 spiro atoms. The molecule has 0 saturated heterocycles. The van der Waals surface area contributed by atoms with E-state index in [2.05, 4.69) is 4.98 Å². The Morgan fingerprint density at radius 1 is 1.53 bits per heavy atom. The van der Waals surface area contributed by atoms with Crippen molar-refractivity contribution in [1.82, 2.24) is 9.55 Å². The van der Waals surface area contributed by atoms with Gasteiger partial charge in [0.15, 0.2) is 5.82 Å². The fraction of sp³-hybridized carbons (Fsp3) is 0.636. The maximum atomic E-state index is 12.3. The van der Waals surface area contributed by atoms with Crippen molar-refractivity contribution < 1.29 is 4.79 Å². The number of Topliss-reactive ketones (excluding diaryl/α,β-unsaturated/α-hetero) is 1. The summed E-state index contributed by atoms with van der Waals surface area (Å²) >= 11 is 0. The number of hydrogen-bond acceptors (Lipinski definition) is 3. The maximum absolute atomic E-state index is 12.3. The van der Waals surface area contributed by atoms with Gasteiger partial charge in [-0.15, -0.1) is 0 Å². The van der Waals surface area contributed by atoms with Crippen molar-refractivity contribution in [3.8, 4) is 0 Å². The van der Waals surface area contributed by atoms with Crippen LogP contribution in [0.2, 0.25) is 0 Å². The first-order valence-electron chi connectivity index (χ1n) is 5.33. The molecule has 4 heteroatoms. The lowest BCUT2D eigenvalue weighted by molar-refractivity contribution is 0.0772. The van der Waals surface area contributed by atoms with Crippen molar-refractivity contribution in [2.75, 3.05) is 6.54 Å².